The molecule has 0 amide bonds. The van der Waals surface area contributed by atoms with Crippen molar-refractivity contribution in [1.82, 2.24) is 9.97 Å². The molecule has 2 aromatic rings. The molecule has 0 saturated heterocycles. The van der Waals surface area contributed by atoms with Gasteiger partial charge in [-0.2, -0.15) is 0 Å². The summed E-state index contributed by atoms with van der Waals surface area (Å²) in [6.07, 6.45) is 1.61. The van der Waals surface area contributed by atoms with Crippen LogP contribution in [0.5, 0.6) is 0 Å². The van der Waals surface area contributed by atoms with Crippen molar-refractivity contribution in [2.75, 3.05) is 7.11 Å². The van der Waals surface area contributed by atoms with Gasteiger partial charge in [0.05, 0.1) is 5.56 Å². The Balaban J connectivity index is 2.50. The molecule has 0 aliphatic rings. The first-order valence-electron chi connectivity index (χ1n) is 6.90. The number of hydrogen-bond donors (Lipinski definition) is 0. The van der Waals surface area contributed by atoms with Crippen LogP contribution >= 0.6 is 23.2 Å². The highest BCUT2D eigenvalue weighted by Crippen LogP contribution is 2.35. The van der Waals surface area contributed by atoms with Crippen molar-refractivity contribution in [3.8, 4) is 11.1 Å². The first-order valence-corrected chi connectivity index (χ1v) is 7.65. The van der Waals surface area contributed by atoms with Gasteiger partial charge in [0.15, 0.2) is 5.82 Å². The van der Waals surface area contributed by atoms with Gasteiger partial charge in [-0.25, -0.2) is 9.97 Å². The van der Waals surface area contributed by atoms with E-state index >= 15 is 0 Å². The number of benzene rings is 1. The van der Waals surface area contributed by atoms with Crippen LogP contribution < -0.4 is 0 Å². The number of hydrogen-bond acceptors (Lipinski definition) is 3. The van der Waals surface area contributed by atoms with E-state index in [1.807, 2.05) is 31.2 Å². The maximum atomic E-state index is 6.35. The van der Waals surface area contributed by atoms with Gasteiger partial charge in [0.1, 0.15) is 16.4 Å². The maximum Gasteiger partial charge on any atom is 0.160 e. The summed E-state index contributed by atoms with van der Waals surface area (Å²) in [6.45, 7) is 4.09. The number of halogens is 2. The van der Waals surface area contributed by atoms with Crippen molar-refractivity contribution in [3.63, 3.8) is 0 Å². The highest BCUT2D eigenvalue weighted by atomic mass is 35.5. The molecule has 0 saturated carbocycles. The molecule has 21 heavy (non-hydrogen) atoms. The molecule has 1 aromatic carbocycles. The van der Waals surface area contributed by atoms with E-state index < -0.39 is 0 Å². The van der Waals surface area contributed by atoms with Crippen molar-refractivity contribution in [3.05, 3.63) is 46.0 Å². The first-order chi connectivity index (χ1) is 10.1. The third-order valence-corrected chi connectivity index (χ3v) is 3.92. The normalized spacial score (nSPS) is 12.4. The van der Waals surface area contributed by atoms with Crippen molar-refractivity contribution < 1.29 is 4.74 Å². The molecule has 0 bridgehead atoms. The predicted octanol–water partition coefficient (Wildman–Crippen LogP) is 5.25. The van der Waals surface area contributed by atoms with Gasteiger partial charge >= 0.3 is 0 Å². The first kappa shape index (κ1) is 16.2. The molecule has 1 unspecified atom stereocenters. The number of rotatable bonds is 5. The minimum atomic E-state index is -0.184. The average molecular weight is 325 g/mol. The lowest BCUT2D eigenvalue weighted by molar-refractivity contribution is 0.0876. The second kappa shape index (κ2) is 7.21. The SMILES string of the molecule is CCCC(OC)c1nc(Cl)c(-c2ccccc2C)c(Cl)n1. The molecule has 0 aliphatic carbocycles. The van der Waals surface area contributed by atoms with Gasteiger partial charge in [-0.15, -0.1) is 0 Å². The van der Waals surface area contributed by atoms with Gasteiger partial charge < -0.3 is 4.74 Å². The summed E-state index contributed by atoms with van der Waals surface area (Å²) in [5, 5.41) is 0.718. The Labute approximate surface area is 135 Å². The van der Waals surface area contributed by atoms with Gasteiger partial charge in [0.2, 0.25) is 0 Å². The van der Waals surface area contributed by atoms with Crippen LogP contribution in [0, 0.1) is 6.92 Å². The van der Waals surface area contributed by atoms with Crippen molar-refractivity contribution >= 4 is 23.2 Å². The van der Waals surface area contributed by atoms with E-state index in [1.165, 1.54) is 0 Å². The van der Waals surface area contributed by atoms with E-state index in [2.05, 4.69) is 16.9 Å². The summed E-state index contributed by atoms with van der Waals surface area (Å²) in [4.78, 5) is 8.77. The molecule has 112 valence electrons. The van der Waals surface area contributed by atoms with Gasteiger partial charge in [-0.3, -0.25) is 0 Å². The van der Waals surface area contributed by atoms with Crippen molar-refractivity contribution in [2.45, 2.75) is 32.8 Å². The number of ether oxygens (including phenoxy) is 1. The fourth-order valence-electron chi connectivity index (χ4n) is 2.26. The molecule has 1 heterocycles. The summed E-state index contributed by atoms with van der Waals surface area (Å²) in [6, 6.07) is 7.88. The monoisotopic (exact) mass is 324 g/mol. The summed E-state index contributed by atoms with van der Waals surface area (Å²) in [5.74, 6) is 0.534. The molecule has 0 spiro atoms. The van der Waals surface area contributed by atoms with E-state index in [0.29, 0.717) is 21.7 Å². The van der Waals surface area contributed by atoms with Gasteiger partial charge in [0, 0.05) is 7.11 Å². The molecule has 3 nitrogen and oxygen atoms in total. The predicted molar refractivity (Wildman–Crippen MR) is 86.9 cm³/mol. The van der Waals surface area contributed by atoms with E-state index in [0.717, 1.165) is 24.0 Å². The van der Waals surface area contributed by atoms with Crippen molar-refractivity contribution in [2.24, 2.45) is 0 Å². The molecular formula is C16H18Cl2N2O. The zero-order valence-corrected chi connectivity index (χ0v) is 13.9. The molecule has 1 atom stereocenters. The molecule has 2 rings (SSSR count). The van der Waals surface area contributed by atoms with Crippen LogP contribution in [0.1, 0.15) is 37.3 Å². The number of methoxy groups -OCH3 is 1. The Morgan fingerprint density at radius 2 is 1.76 bits per heavy atom. The standard InChI is InChI=1S/C16H18Cl2N2O/c1-4-7-12(21-3)16-19-14(17)13(15(18)20-16)11-9-6-5-8-10(11)2/h5-6,8-9,12H,4,7H2,1-3H3. The molecule has 0 radical (unpaired) electrons. The van der Waals surface area contributed by atoms with E-state index in [-0.39, 0.29) is 6.10 Å². The highest BCUT2D eigenvalue weighted by molar-refractivity contribution is 6.37. The van der Waals surface area contributed by atoms with Crippen LogP contribution in [0.4, 0.5) is 0 Å². The van der Waals surface area contributed by atoms with Crippen LogP contribution in [0.3, 0.4) is 0 Å². The second-order valence-corrected chi connectivity index (χ2v) is 5.58. The maximum absolute atomic E-state index is 6.35. The third kappa shape index (κ3) is 3.54. The van der Waals surface area contributed by atoms with Crippen LogP contribution in [0.2, 0.25) is 10.3 Å². The average Bonchev–Trinajstić information content (AvgIpc) is 2.46. The minimum absolute atomic E-state index is 0.184. The lowest BCUT2D eigenvalue weighted by Gasteiger charge is -2.16. The number of aromatic nitrogens is 2. The lowest BCUT2D eigenvalue weighted by atomic mass is 10.0. The van der Waals surface area contributed by atoms with E-state index in [9.17, 15) is 0 Å². The largest absolute Gasteiger partial charge is 0.373 e. The fraction of sp³-hybridized carbons (Fsp3) is 0.375. The molecular weight excluding hydrogens is 307 g/mol. The molecule has 1 aromatic heterocycles. The minimum Gasteiger partial charge on any atom is -0.373 e. The van der Waals surface area contributed by atoms with Crippen LogP contribution in [0.15, 0.2) is 24.3 Å². The number of aryl methyl sites for hydroxylation is 1. The highest BCUT2D eigenvalue weighted by Gasteiger charge is 2.19. The van der Waals surface area contributed by atoms with Gasteiger partial charge in [-0.1, -0.05) is 60.8 Å². The van der Waals surface area contributed by atoms with E-state index in [1.54, 1.807) is 7.11 Å². The van der Waals surface area contributed by atoms with Crippen LogP contribution in [-0.2, 0) is 4.74 Å². The smallest absolute Gasteiger partial charge is 0.160 e. The molecule has 5 heteroatoms. The second-order valence-electron chi connectivity index (χ2n) is 4.87. The summed E-state index contributed by atoms with van der Waals surface area (Å²) in [5.41, 5.74) is 2.70. The molecule has 0 aliphatic heterocycles. The zero-order chi connectivity index (χ0) is 15.4. The van der Waals surface area contributed by atoms with Gasteiger partial charge in [0.25, 0.3) is 0 Å². The topological polar surface area (TPSA) is 35.0 Å². The Hall–Kier alpha value is -1.16. The Bertz CT molecular complexity index is 608. The van der Waals surface area contributed by atoms with Crippen molar-refractivity contribution in [1.29, 1.82) is 0 Å². The summed E-state index contributed by atoms with van der Waals surface area (Å²) in [7, 11) is 1.64. The van der Waals surface area contributed by atoms with Crippen LogP contribution in [0.25, 0.3) is 11.1 Å². The molecule has 0 N–H and O–H groups in total. The quantitative estimate of drug-likeness (QED) is 0.705. The third-order valence-electron chi connectivity index (χ3n) is 3.38. The van der Waals surface area contributed by atoms with Crippen LogP contribution in [-0.4, -0.2) is 17.1 Å². The molecule has 0 fully saturated rings. The fourth-order valence-corrected chi connectivity index (χ4v) is 2.86. The summed E-state index contributed by atoms with van der Waals surface area (Å²) >= 11 is 12.7. The van der Waals surface area contributed by atoms with E-state index in [4.69, 9.17) is 27.9 Å². The summed E-state index contributed by atoms with van der Waals surface area (Å²) < 4.78 is 5.41. The Morgan fingerprint density at radius 1 is 1.14 bits per heavy atom. The zero-order valence-electron chi connectivity index (χ0n) is 12.4. The number of nitrogens with zero attached hydrogens (tertiary/aromatic N) is 2. The Morgan fingerprint density at radius 3 is 2.29 bits per heavy atom. The lowest BCUT2D eigenvalue weighted by Crippen LogP contribution is -2.08. The van der Waals surface area contributed by atoms with Gasteiger partial charge in [-0.05, 0) is 24.5 Å². The Kier molecular flexibility index (Phi) is 5.57.